The molecule has 0 radical (unpaired) electrons. The molecule has 2 heteroatoms. The molecule has 0 bridgehead atoms. The zero-order chi connectivity index (χ0) is 10.2. The standard InChI is InChI=1S/C12H14OS/c1-14-12-8-5-7-11(10-12)6-3-2-4-9-13/h5,7-8,10,13H,2,4,9H2,1H3. The first-order valence-electron chi connectivity index (χ1n) is 4.60. The molecule has 0 aliphatic rings. The first-order chi connectivity index (χ1) is 6.86. The molecule has 0 aliphatic heterocycles. The summed E-state index contributed by atoms with van der Waals surface area (Å²) in [6, 6.07) is 8.17. The third-order valence-corrected chi connectivity index (χ3v) is 2.49. The molecular formula is C12H14OS. The van der Waals surface area contributed by atoms with Crippen LogP contribution in [-0.2, 0) is 0 Å². The molecule has 0 spiro atoms. The van der Waals surface area contributed by atoms with E-state index in [1.165, 1.54) is 4.90 Å². The average molecular weight is 206 g/mol. The summed E-state index contributed by atoms with van der Waals surface area (Å²) >= 11 is 1.72. The van der Waals surface area contributed by atoms with Crippen molar-refractivity contribution in [2.75, 3.05) is 12.9 Å². The van der Waals surface area contributed by atoms with Crippen LogP contribution in [0.3, 0.4) is 0 Å². The minimum absolute atomic E-state index is 0.222. The summed E-state index contributed by atoms with van der Waals surface area (Å²) in [6.45, 7) is 0.222. The lowest BCUT2D eigenvalue weighted by molar-refractivity contribution is 0.290. The number of unbranched alkanes of at least 4 members (excludes halogenated alkanes) is 1. The van der Waals surface area contributed by atoms with Gasteiger partial charge in [0.1, 0.15) is 0 Å². The molecule has 1 N–H and O–H groups in total. The smallest absolute Gasteiger partial charge is 0.0440 e. The van der Waals surface area contributed by atoms with Crippen LogP contribution in [0.5, 0.6) is 0 Å². The van der Waals surface area contributed by atoms with E-state index in [0.717, 1.165) is 18.4 Å². The van der Waals surface area contributed by atoms with Crippen molar-refractivity contribution in [1.29, 1.82) is 0 Å². The van der Waals surface area contributed by atoms with Crippen molar-refractivity contribution in [2.45, 2.75) is 17.7 Å². The minimum atomic E-state index is 0.222. The molecule has 0 saturated carbocycles. The maximum atomic E-state index is 8.57. The number of benzene rings is 1. The van der Waals surface area contributed by atoms with E-state index >= 15 is 0 Å². The predicted molar refractivity (Wildman–Crippen MR) is 61.4 cm³/mol. The van der Waals surface area contributed by atoms with Crippen molar-refractivity contribution in [1.82, 2.24) is 0 Å². The van der Waals surface area contributed by atoms with Gasteiger partial charge in [-0.15, -0.1) is 11.8 Å². The van der Waals surface area contributed by atoms with Crippen molar-refractivity contribution in [3.63, 3.8) is 0 Å². The van der Waals surface area contributed by atoms with Gasteiger partial charge in [0.15, 0.2) is 0 Å². The molecule has 0 amide bonds. The van der Waals surface area contributed by atoms with Gasteiger partial charge in [-0.05, 0) is 30.9 Å². The highest BCUT2D eigenvalue weighted by molar-refractivity contribution is 7.98. The van der Waals surface area contributed by atoms with Gasteiger partial charge in [-0.1, -0.05) is 17.9 Å². The van der Waals surface area contributed by atoms with Gasteiger partial charge in [0.25, 0.3) is 0 Å². The molecule has 1 aromatic rings. The number of hydrogen-bond acceptors (Lipinski definition) is 2. The predicted octanol–water partition coefficient (Wildman–Crippen LogP) is 2.53. The van der Waals surface area contributed by atoms with Crippen molar-refractivity contribution in [2.24, 2.45) is 0 Å². The summed E-state index contributed by atoms with van der Waals surface area (Å²) in [6.07, 6.45) is 3.58. The van der Waals surface area contributed by atoms with E-state index in [0.29, 0.717) is 0 Å². The third-order valence-electron chi connectivity index (χ3n) is 1.76. The van der Waals surface area contributed by atoms with Gasteiger partial charge in [0, 0.05) is 23.5 Å². The van der Waals surface area contributed by atoms with E-state index in [1.807, 2.05) is 12.1 Å². The Hall–Kier alpha value is -0.910. The topological polar surface area (TPSA) is 20.2 Å². The van der Waals surface area contributed by atoms with Crippen LogP contribution < -0.4 is 0 Å². The number of rotatable bonds is 3. The maximum Gasteiger partial charge on any atom is 0.0440 e. The Kier molecular flexibility index (Phi) is 5.21. The van der Waals surface area contributed by atoms with Crippen molar-refractivity contribution < 1.29 is 5.11 Å². The Morgan fingerprint density at radius 2 is 2.29 bits per heavy atom. The Bertz CT molecular complexity index is 336. The number of aliphatic hydroxyl groups excluding tert-OH is 1. The van der Waals surface area contributed by atoms with E-state index in [2.05, 4.69) is 30.2 Å². The highest BCUT2D eigenvalue weighted by Gasteiger charge is 1.90. The SMILES string of the molecule is CSc1cccc(C#CCCCO)c1. The molecule has 0 saturated heterocycles. The second-order valence-electron chi connectivity index (χ2n) is 2.86. The van der Waals surface area contributed by atoms with Gasteiger partial charge in [0.2, 0.25) is 0 Å². The molecule has 74 valence electrons. The van der Waals surface area contributed by atoms with Gasteiger partial charge >= 0.3 is 0 Å². The summed E-state index contributed by atoms with van der Waals surface area (Å²) in [5.74, 6) is 6.11. The van der Waals surface area contributed by atoms with Crippen LogP contribution in [0.25, 0.3) is 0 Å². The highest BCUT2D eigenvalue weighted by Crippen LogP contribution is 2.14. The van der Waals surface area contributed by atoms with Gasteiger partial charge in [-0.2, -0.15) is 0 Å². The Labute approximate surface area is 89.5 Å². The van der Waals surface area contributed by atoms with Gasteiger partial charge in [-0.25, -0.2) is 0 Å². The second-order valence-corrected chi connectivity index (χ2v) is 3.74. The molecular weight excluding hydrogens is 192 g/mol. The fraction of sp³-hybridized carbons (Fsp3) is 0.333. The van der Waals surface area contributed by atoms with Crippen molar-refractivity contribution in [3.8, 4) is 11.8 Å². The van der Waals surface area contributed by atoms with Crippen LogP contribution in [0, 0.1) is 11.8 Å². The Morgan fingerprint density at radius 3 is 3.00 bits per heavy atom. The third kappa shape index (κ3) is 3.87. The minimum Gasteiger partial charge on any atom is -0.396 e. The average Bonchev–Trinajstić information content (AvgIpc) is 2.25. The van der Waals surface area contributed by atoms with Crippen molar-refractivity contribution >= 4 is 11.8 Å². The lowest BCUT2D eigenvalue weighted by Crippen LogP contribution is -1.79. The first kappa shape index (κ1) is 11.2. The van der Waals surface area contributed by atoms with Crippen LogP contribution in [0.15, 0.2) is 29.2 Å². The van der Waals surface area contributed by atoms with Crippen LogP contribution in [0.4, 0.5) is 0 Å². The second kappa shape index (κ2) is 6.53. The van der Waals surface area contributed by atoms with Gasteiger partial charge in [-0.3, -0.25) is 0 Å². The molecule has 1 rings (SSSR count). The number of aliphatic hydroxyl groups is 1. The van der Waals surface area contributed by atoms with Crippen LogP contribution in [0.2, 0.25) is 0 Å². The van der Waals surface area contributed by atoms with E-state index < -0.39 is 0 Å². The fourth-order valence-corrected chi connectivity index (χ4v) is 1.49. The molecule has 0 fully saturated rings. The molecule has 14 heavy (non-hydrogen) atoms. The van der Waals surface area contributed by atoms with Gasteiger partial charge in [0.05, 0.1) is 0 Å². The number of hydrogen-bond donors (Lipinski definition) is 1. The van der Waals surface area contributed by atoms with E-state index in [1.54, 1.807) is 11.8 Å². The first-order valence-corrected chi connectivity index (χ1v) is 5.83. The summed E-state index contributed by atoms with van der Waals surface area (Å²) in [5, 5.41) is 8.57. The molecule has 1 nitrogen and oxygen atoms in total. The van der Waals surface area contributed by atoms with Crippen LogP contribution >= 0.6 is 11.8 Å². The highest BCUT2D eigenvalue weighted by atomic mass is 32.2. The monoisotopic (exact) mass is 206 g/mol. The van der Waals surface area contributed by atoms with E-state index in [9.17, 15) is 0 Å². The zero-order valence-electron chi connectivity index (χ0n) is 8.29. The summed E-state index contributed by atoms with van der Waals surface area (Å²) in [5.41, 5.74) is 1.05. The fourth-order valence-electron chi connectivity index (χ4n) is 1.03. The Morgan fingerprint density at radius 1 is 1.43 bits per heavy atom. The van der Waals surface area contributed by atoms with Crippen molar-refractivity contribution in [3.05, 3.63) is 29.8 Å². The maximum absolute atomic E-state index is 8.57. The molecule has 0 atom stereocenters. The quantitative estimate of drug-likeness (QED) is 0.466. The van der Waals surface area contributed by atoms with E-state index in [4.69, 9.17) is 5.11 Å². The molecule has 0 aromatic heterocycles. The normalized spacial score (nSPS) is 9.29. The largest absolute Gasteiger partial charge is 0.396 e. The molecule has 0 heterocycles. The van der Waals surface area contributed by atoms with Crippen LogP contribution in [-0.4, -0.2) is 18.0 Å². The summed E-state index contributed by atoms with van der Waals surface area (Å²) in [4.78, 5) is 1.24. The molecule has 1 aromatic carbocycles. The summed E-state index contributed by atoms with van der Waals surface area (Å²) < 4.78 is 0. The Balaban J connectivity index is 2.60. The zero-order valence-corrected chi connectivity index (χ0v) is 9.10. The lowest BCUT2D eigenvalue weighted by Gasteiger charge is -1.95. The molecule has 0 unspecified atom stereocenters. The number of thioether (sulfide) groups is 1. The van der Waals surface area contributed by atoms with Crippen LogP contribution in [0.1, 0.15) is 18.4 Å². The van der Waals surface area contributed by atoms with E-state index in [-0.39, 0.29) is 6.61 Å². The molecule has 0 aliphatic carbocycles. The van der Waals surface area contributed by atoms with Gasteiger partial charge < -0.3 is 5.11 Å². The summed E-state index contributed by atoms with van der Waals surface area (Å²) in [7, 11) is 0. The lowest BCUT2D eigenvalue weighted by atomic mass is 10.2.